The zero-order valence-corrected chi connectivity index (χ0v) is 23.1. The molecule has 1 aromatic rings. The smallest absolute Gasteiger partial charge is 0.407 e. The molecule has 0 unspecified atom stereocenters. The Hall–Kier alpha value is -3.20. The number of amides is 2. The van der Waals surface area contributed by atoms with E-state index in [1.165, 1.54) is 0 Å². The fourth-order valence-corrected chi connectivity index (χ4v) is 4.27. The Morgan fingerprint density at radius 2 is 1.95 bits per heavy atom. The van der Waals surface area contributed by atoms with Gasteiger partial charge in [-0.25, -0.2) is 4.79 Å². The number of unbranched alkanes of at least 4 members (excludes halogenated alkanes) is 1. The molecule has 0 radical (unpaired) electrons. The number of hydrogen-bond acceptors (Lipinski definition) is 7. The molecular weight excluding hydrogens is 500 g/mol. The van der Waals surface area contributed by atoms with Crippen LogP contribution >= 0.6 is 0 Å². The number of ketones is 1. The van der Waals surface area contributed by atoms with Crippen molar-refractivity contribution in [2.45, 2.75) is 83.8 Å². The van der Waals surface area contributed by atoms with Crippen LogP contribution in [0.3, 0.4) is 0 Å². The average Bonchev–Trinajstić information content (AvgIpc) is 2.93. The van der Waals surface area contributed by atoms with Gasteiger partial charge in [-0.05, 0) is 56.4 Å². The molecule has 0 fully saturated rings. The summed E-state index contributed by atoms with van der Waals surface area (Å²) in [7, 11) is 0. The molecule has 0 saturated carbocycles. The third kappa shape index (κ3) is 14.5. The number of aliphatic hydroxyl groups excluding tert-OH is 1. The Balaban J connectivity index is 1.87. The van der Waals surface area contributed by atoms with Gasteiger partial charge < -0.3 is 25.2 Å². The van der Waals surface area contributed by atoms with Crippen molar-refractivity contribution in [2.75, 3.05) is 19.8 Å². The quantitative estimate of drug-likeness (QED) is 0.204. The monoisotopic (exact) mass is 544 g/mol. The van der Waals surface area contributed by atoms with E-state index in [9.17, 15) is 24.3 Å². The molecule has 9 heteroatoms. The van der Waals surface area contributed by atoms with Crippen LogP contribution < -0.4 is 10.6 Å². The van der Waals surface area contributed by atoms with Crippen LogP contribution in [0.15, 0.2) is 42.5 Å². The van der Waals surface area contributed by atoms with E-state index in [2.05, 4.69) is 10.6 Å². The Bertz CT molecular complexity index is 919. The summed E-state index contributed by atoms with van der Waals surface area (Å²) in [5.41, 5.74) is 0.908. The number of allylic oxidation sites excluding steroid dienone is 2. The topological polar surface area (TPSA) is 131 Å². The molecule has 39 heavy (non-hydrogen) atoms. The standard InChI is InChI=1S/C30H44N2O7/c1-23(20-33)18-27(34)19-25-14-8-3-2-4-9-16-28(35)38-22-26(32-29(25)36)15-10-11-17-31-30(37)39-21-24-12-6-5-7-13-24/h3,5-8,12-13,23,25-26,33H,2,4,9-11,14-22H2,1H3,(H,31,37)(H,32,36)/b8-3-/t23-,25-,26+/m1/s1. The molecule has 9 nitrogen and oxygen atoms in total. The van der Waals surface area contributed by atoms with Crippen molar-refractivity contribution in [3.63, 3.8) is 0 Å². The second-order valence-electron chi connectivity index (χ2n) is 10.3. The van der Waals surface area contributed by atoms with Crippen molar-refractivity contribution in [3.8, 4) is 0 Å². The van der Waals surface area contributed by atoms with Crippen molar-refractivity contribution in [1.82, 2.24) is 10.6 Å². The molecule has 3 N–H and O–H groups in total. The summed E-state index contributed by atoms with van der Waals surface area (Å²) in [6.07, 6.45) is 8.82. The van der Waals surface area contributed by atoms with E-state index < -0.39 is 18.1 Å². The van der Waals surface area contributed by atoms with Crippen LogP contribution in [0, 0.1) is 11.8 Å². The Labute approximate surface area is 231 Å². The van der Waals surface area contributed by atoms with E-state index in [0.717, 1.165) is 24.8 Å². The first-order valence-electron chi connectivity index (χ1n) is 14.1. The first-order chi connectivity index (χ1) is 18.9. The number of aliphatic hydroxyl groups is 1. The zero-order valence-electron chi connectivity index (χ0n) is 23.1. The molecular formula is C30H44N2O7. The van der Waals surface area contributed by atoms with Crippen LogP contribution in [-0.4, -0.2) is 54.7 Å². The molecule has 1 heterocycles. The minimum absolute atomic E-state index is 0.0561. The second kappa shape index (κ2) is 19.0. The first kappa shape index (κ1) is 32.0. The van der Waals surface area contributed by atoms with Gasteiger partial charge >= 0.3 is 12.1 Å². The third-order valence-corrected chi connectivity index (χ3v) is 6.57. The van der Waals surface area contributed by atoms with Gasteiger partial charge in [0, 0.05) is 38.3 Å². The molecule has 1 aromatic carbocycles. The van der Waals surface area contributed by atoms with E-state index in [0.29, 0.717) is 38.6 Å². The number of Topliss-reactive ketones (excluding diaryl/α,β-unsaturated/α-hetero) is 1. The molecule has 0 aliphatic carbocycles. The van der Waals surface area contributed by atoms with Gasteiger partial charge in [-0.1, -0.05) is 49.4 Å². The molecule has 2 rings (SSSR count). The highest BCUT2D eigenvalue weighted by molar-refractivity contribution is 5.87. The van der Waals surface area contributed by atoms with Crippen LogP contribution in [0.25, 0.3) is 0 Å². The SMILES string of the molecule is C[C@@H](CO)CC(=O)C[C@H]1C/C=C\CCCCC(=O)OC[C@H](CCCCNC(=O)OCc2ccccc2)NC1=O. The van der Waals surface area contributed by atoms with Gasteiger partial charge in [0.15, 0.2) is 0 Å². The predicted octanol–water partition coefficient (Wildman–Crippen LogP) is 4.23. The number of nitrogens with one attached hydrogen (secondary N) is 2. The molecule has 0 saturated heterocycles. The number of ether oxygens (including phenoxy) is 2. The average molecular weight is 545 g/mol. The highest BCUT2D eigenvalue weighted by atomic mass is 16.5. The number of rotatable bonds is 12. The van der Waals surface area contributed by atoms with E-state index in [1.54, 1.807) is 6.92 Å². The van der Waals surface area contributed by atoms with Gasteiger partial charge in [-0.15, -0.1) is 0 Å². The van der Waals surface area contributed by atoms with Crippen LogP contribution in [-0.2, 0) is 30.5 Å². The predicted molar refractivity (Wildman–Crippen MR) is 148 cm³/mol. The minimum Gasteiger partial charge on any atom is -0.463 e. The normalized spacial score (nSPS) is 20.6. The molecule has 0 spiro atoms. The lowest BCUT2D eigenvalue weighted by Crippen LogP contribution is -2.42. The molecule has 0 aromatic heterocycles. The Morgan fingerprint density at radius 3 is 2.72 bits per heavy atom. The highest BCUT2D eigenvalue weighted by Crippen LogP contribution is 2.17. The molecule has 216 valence electrons. The van der Waals surface area contributed by atoms with Gasteiger partial charge in [-0.2, -0.15) is 0 Å². The Kier molecular flexibility index (Phi) is 15.6. The highest BCUT2D eigenvalue weighted by Gasteiger charge is 2.25. The number of cyclic esters (lactones) is 1. The summed E-state index contributed by atoms with van der Waals surface area (Å²) in [5.74, 6) is -1.26. The van der Waals surface area contributed by atoms with Crippen molar-refractivity contribution >= 4 is 23.8 Å². The molecule has 1 aliphatic heterocycles. The summed E-state index contributed by atoms with van der Waals surface area (Å²) in [6, 6.07) is 9.03. The summed E-state index contributed by atoms with van der Waals surface area (Å²) >= 11 is 0. The summed E-state index contributed by atoms with van der Waals surface area (Å²) < 4.78 is 10.7. The minimum atomic E-state index is -0.526. The number of carbonyl (C=O) groups is 4. The van der Waals surface area contributed by atoms with Crippen molar-refractivity contribution in [2.24, 2.45) is 11.8 Å². The number of esters is 1. The van der Waals surface area contributed by atoms with E-state index in [-0.39, 0.29) is 56.2 Å². The number of alkyl carbamates (subject to hydrolysis) is 1. The first-order valence-corrected chi connectivity index (χ1v) is 14.1. The maximum Gasteiger partial charge on any atom is 0.407 e. The lowest BCUT2D eigenvalue weighted by atomic mass is 9.92. The molecule has 1 aliphatic rings. The maximum absolute atomic E-state index is 13.2. The lowest BCUT2D eigenvalue weighted by Gasteiger charge is -2.23. The second-order valence-corrected chi connectivity index (χ2v) is 10.3. The van der Waals surface area contributed by atoms with E-state index in [4.69, 9.17) is 9.47 Å². The number of hydrogen-bond donors (Lipinski definition) is 3. The molecule has 0 bridgehead atoms. The maximum atomic E-state index is 13.2. The van der Waals surface area contributed by atoms with Crippen molar-refractivity contribution in [1.29, 1.82) is 0 Å². The van der Waals surface area contributed by atoms with Gasteiger partial charge in [-0.3, -0.25) is 14.4 Å². The number of carbonyl (C=O) groups excluding carboxylic acids is 4. The van der Waals surface area contributed by atoms with Crippen molar-refractivity contribution in [3.05, 3.63) is 48.0 Å². The summed E-state index contributed by atoms with van der Waals surface area (Å²) in [5, 5.41) is 15.0. The summed E-state index contributed by atoms with van der Waals surface area (Å²) in [6.45, 7) is 2.40. The Morgan fingerprint density at radius 1 is 1.15 bits per heavy atom. The molecule has 2 amide bonds. The lowest BCUT2D eigenvalue weighted by molar-refractivity contribution is -0.145. The van der Waals surface area contributed by atoms with E-state index in [1.807, 2.05) is 42.5 Å². The zero-order chi connectivity index (χ0) is 28.3. The van der Waals surface area contributed by atoms with Gasteiger partial charge in [0.2, 0.25) is 5.91 Å². The number of benzene rings is 1. The molecule has 3 atom stereocenters. The van der Waals surface area contributed by atoms with Gasteiger partial charge in [0.1, 0.15) is 19.0 Å². The summed E-state index contributed by atoms with van der Waals surface area (Å²) in [4.78, 5) is 49.8. The fraction of sp³-hybridized carbons (Fsp3) is 0.600. The van der Waals surface area contributed by atoms with Crippen LogP contribution in [0.2, 0.25) is 0 Å². The van der Waals surface area contributed by atoms with Gasteiger partial charge in [0.05, 0.1) is 6.04 Å². The van der Waals surface area contributed by atoms with Crippen LogP contribution in [0.4, 0.5) is 4.79 Å². The van der Waals surface area contributed by atoms with Crippen LogP contribution in [0.5, 0.6) is 0 Å². The largest absolute Gasteiger partial charge is 0.463 e. The van der Waals surface area contributed by atoms with Crippen molar-refractivity contribution < 1.29 is 33.8 Å². The third-order valence-electron chi connectivity index (χ3n) is 6.57. The van der Waals surface area contributed by atoms with E-state index >= 15 is 0 Å². The van der Waals surface area contributed by atoms with Crippen LogP contribution in [0.1, 0.15) is 76.7 Å². The van der Waals surface area contributed by atoms with Gasteiger partial charge in [0.25, 0.3) is 0 Å². The fourth-order valence-electron chi connectivity index (χ4n) is 4.27.